The summed E-state index contributed by atoms with van der Waals surface area (Å²) in [5.74, 6) is 0.619. The van der Waals surface area contributed by atoms with Crippen molar-refractivity contribution in [3.63, 3.8) is 0 Å². The summed E-state index contributed by atoms with van der Waals surface area (Å²) in [4.78, 5) is 4.72. The summed E-state index contributed by atoms with van der Waals surface area (Å²) >= 11 is 0. The van der Waals surface area contributed by atoms with Gasteiger partial charge in [0.25, 0.3) is 0 Å². The van der Waals surface area contributed by atoms with Gasteiger partial charge in [-0.1, -0.05) is 22.4 Å². The number of pyridine rings is 1. The number of hydrogen-bond acceptors (Lipinski definition) is 6. The van der Waals surface area contributed by atoms with Gasteiger partial charge in [-0.05, 0) is 51.8 Å². The second kappa shape index (κ2) is 8.48. The number of aromatic nitrogens is 4. The lowest BCUT2D eigenvalue weighted by atomic mass is 9.97. The van der Waals surface area contributed by atoms with Crippen LogP contribution in [0, 0.1) is 13.8 Å². The van der Waals surface area contributed by atoms with Crippen molar-refractivity contribution in [2.24, 2.45) is 0 Å². The summed E-state index contributed by atoms with van der Waals surface area (Å²) in [6.45, 7) is 6.95. The molecule has 10 heteroatoms. The maximum atomic E-state index is 13.4. The number of rotatable bonds is 6. The highest BCUT2D eigenvalue weighted by Crippen LogP contribution is 2.40. The number of halogens is 3. The number of nitrogens with zero attached hydrogens (tertiary/aromatic N) is 4. The first-order valence-electron chi connectivity index (χ1n) is 11.5. The molecule has 0 aliphatic rings. The van der Waals surface area contributed by atoms with Crippen LogP contribution in [0.15, 0.2) is 52.0 Å². The van der Waals surface area contributed by atoms with Crippen LogP contribution in [0.2, 0.25) is 0 Å². The molecule has 7 nitrogen and oxygen atoms in total. The molecule has 5 aromatic rings. The van der Waals surface area contributed by atoms with Gasteiger partial charge in [0.1, 0.15) is 12.0 Å². The van der Waals surface area contributed by atoms with Crippen LogP contribution in [0.25, 0.3) is 33.1 Å². The van der Waals surface area contributed by atoms with Crippen molar-refractivity contribution in [1.82, 2.24) is 19.9 Å². The number of hydrogen-bond donors (Lipinski definition) is 1. The van der Waals surface area contributed by atoms with E-state index in [1.54, 1.807) is 39.1 Å². The molecular formula is C26H25F3N4O3. The molecule has 0 bridgehead atoms. The van der Waals surface area contributed by atoms with Crippen molar-refractivity contribution < 1.29 is 27.3 Å². The molecule has 0 saturated heterocycles. The minimum absolute atomic E-state index is 0.230. The topological polar surface area (TPSA) is 90.1 Å². The second-order valence-corrected chi connectivity index (χ2v) is 9.58. The van der Waals surface area contributed by atoms with E-state index in [4.69, 9.17) is 14.0 Å². The largest absolute Gasteiger partial charge is 0.389 e. The Kier molecular flexibility index (Phi) is 5.66. The highest BCUT2D eigenvalue weighted by molar-refractivity contribution is 6.07. The number of aliphatic hydroxyl groups is 1. The van der Waals surface area contributed by atoms with Crippen LogP contribution in [-0.2, 0) is 5.60 Å². The summed E-state index contributed by atoms with van der Waals surface area (Å²) in [7, 11) is 0. The molecule has 0 fully saturated rings. The lowest BCUT2D eigenvalue weighted by molar-refractivity contribution is -0.136. The van der Waals surface area contributed by atoms with Crippen LogP contribution < -0.4 is 0 Å². The molecule has 188 valence electrons. The smallest absolute Gasteiger partial charge is 0.386 e. The summed E-state index contributed by atoms with van der Waals surface area (Å²) < 4.78 is 52.3. The van der Waals surface area contributed by atoms with Crippen LogP contribution >= 0.6 is 0 Å². The van der Waals surface area contributed by atoms with E-state index in [0.717, 1.165) is 16.5 Å². The first-order chi connectivity index (χ1) is 16.9. The van der Waals surface area contributed by atoms with Crippen LogP contribution in [0.4, 0.5) is 13.2 Å². The quantitative estimate of drug-likeness (QED) is 0.283. The fraction of sp³-hybridized carbons (Fsp3) is 0.346. The third-order valence-electron chi connectivity index (χ3n) is 6.52. The summed E-state index contributed by atoms with van der Waals surface area (Å²) in [5.41, 5.74) is 4.14. The number of alkyl halides is 3. The van der Waals surface area contributed by atoms with Gasteiger partial charge in [0.15, 0.2) is 0 Å². The third-order valence-corrected chi connectivity index (χ3v) is 6.52. The highest BCUT2D eigenvalue weighted by atomic mass is 19.4. The Labute approximate surface area is 204 Å². The van der Waals surface area contributed by atoms with E-state index in [1.807, 2.05) is 23.6 Å². The lowest BCUT2D eigenvalue weighted by Gasteiger charge is -2.22. The molecule has 0 aliphatic heterocycles. The molecule has 1 atom stereocenters. The minimum atomic E-state index is -4.34. The molecule has 1 aromatic carbocycles. The first kappa shape index (κ1) is 24.1. The van der Waals surface area contributed by atoms with Crippen molar-refractivity contribution in [3.8, 4) is 11.1 Å². The summed E-state index contributed by atoms with van der Waals surface area (Å²) in [6, 6.07) is 6.61. The predicted octanol–water partition coefficient (Wildman–Crippen LogP) is 6.61. The van der Waals surface area contributed by atoms with Gasteiger partial charge in [-0.3, -0.25) is 4.98 Å². The number of aryl methyl sites for hydroxylation is 2. The zero-order valence-corrected chi connectivity index (χ0v) is 20.2. The SMILES string of the molecule is Cc1noc(C)c1-c1cnc2c3ccc(C(C)(C)O)cc3n([C@@H](CCC(F)(F)F)c3cnoc3)c2c1. The van der Waals surface area contributed by atoms with E-state index < -0.39 is 24.2 Å². The van der Waals surface area contributed by atoms with Gasteiger partial charge >= 0.3 is 6.18 Å². The van der Waals surface area contributed by atoms with Crippen LogP contribution in [0.1, 0.15) is 55.3 Å². The molecule has 5 rings (SSSR count). The third kappa shape index (κ3) is 4.26. The van der Waals surface area contributed by atoms with Gasteiger partial charge in [-0.2, -0.15) is 13.2 Å². The van der Waals surface area contributed by atoms with Crippen molar-refractivity contribution in [3.05, 3.63) is 65.5 Å². The normalized spacial score (nSPS) is 13.7. The molecule has 0 saturated carbocycles. The summed E-state index contributed by atoms with van der Waals surface area (Å²) in [6.07, 6.45) is -1.05. The van der Waals surface area contributed by atoms with Gasteiger partial charge in [0.2, 0.25) is 0 Å². The predicted molar refractivity (Wildman–Crippen MR) is 127 cm³/mol. The average Bonchev–Trinajstić information content (AvgIpc) is 3.51. The monoisotopic (exact) mass is 498 g/mol. The first-order valence-corrected chi connectivity index (χ1v) is 11.5. The van der Waals surface area contributed by atoms with E-state index >= 15 is 0 Å². The molecular weight excluding hydrogens is 473 g/mol. The summed E-state index contributed by atoms with van der Waals surface area (Å²) in [5, 5.41) is 19.2. The van der Waals surface area contributed by atoms with Crippen LogP contribution in [0.5, 0.6) is 0 Å². The van der Waals surface area contributed by atoms with Crippen molar-refractivity contribution >= 4 is 21.9 Å². The van der Waals surface area contributed by atoms with E-state index in [1.165, 1.54) is 12.5 Å². The number of fused-ring (bicyclic) bond motifs is 3. The Morgan fingerprint density at radius 3 is 2.47 bits per heavy atom. The van der Waals surface area contributed by atoms with Crippen molar-refractivity contribution in [1.29, 1.82) is 0 Å². The Hall–Kier alpha value is -3.66. The Morgan fingerprint density at radius 2 is 1.86 bits per heavy atom. The Bertz CT molecular complexity index is 1520. The number of benzene rings is 1. The molecule has 0 radical (unpaired) electrons. The van der Waals surface area contributed by atoms with E-state index in [9.17, 15) is 18.3 Å². The highest BCUT2D eigenvalue weighted by Gasteiger charge is 2.32. The van der Waals surface area contributed by atoms with Gasteiger partial charge in [0, 0.05) is 34.7 Å². The molecule has 0 amide bonds. The zero-order valence-electron chi connectivity index (χ0n) is 20.2. The lowest BCUT2D eigenvalue weighted by Crippen LogP contribution is -2.17. The molecule has 1 N–H and O–H groups in total. The standard InChI is InChI=1S/C26H25F3N4O3/c1-14-23(15(2)36-32-14)16-9-22-24(30-11-16)19-6-5-18(25(3,4)34)10-21(19)33(22)20(7-8-26(27,28)29)17-12-31-35-13-17/h5-6,9-13,20,34H,7-8H2,1-4H3/t20-/m0/s1. The maximum Gasteiger partial charge on any atom is 0.389 e. The van der Waals surface area contributed by atoms with Gasteiger partial charge in [0.05, 0.1) is 40.1 Å². The molecule has 0 unspecified atom stereocenters. The molecule has 36 heavy (non-hydrogen) atoms. The van der Waals surface area contributed by atoms with Crippen LogP contribution in [0.3, 0.4) is 0 Å². The fourth-order valence-electron chi connectivity index (χ4n) is 4.78. The van der Waals surface area contributed by atoms with Gasteiger partial charge < -0.3 is 18.7 Å². The van der Waals surface area contributed by atoms with Gasteiger partial charge in [-0.15, -0.1) is 0 Å². The van der Waals surface area contributed by atoms with Gasteiger partial charge in [-0.25, -0.2) is 0 Å². The van der Waals surface area contributed by atoms with E-state index in [2.05, 4.69) is 10.3 Å². The van der Waals surface area contributed by atoms with E-state index in [0.29, 0.717) is 39.1 Å². The molecule has 4 aromatic heterocycles. The Balaban J connectivity index is 1.83. The molecule has 0 spiro atoms. The molecule has 4 heterocycles. The van der Waals surface area contributed by atoms with Crippen LogP contribution in [-0.4, -0.2) is 31.1 Å². The molecule has 0 aliphatic carbocycles. The zero-order chi connectivity index (χ0) is 25.8. The minimum Gasteiger partial charge on any atom is -0.386 e. The van der Waals surface area contributed by atoms with Crippen molar-refractivity contribution in [2.75, 3.05) is 0 Å². The van der Waals surface area contributed by atoms with E-state index in [-0.39, 0.29) is 6.42 Å². The average molecular weight is 499 g/mol. The van der Waals surface area contributed by atoms with Crippen molar-refractivity contribution in [2.45, 2.75) is 58.4 Å². The second-order valence-electron chi connectivity index (χ2n) is 9.58. The fourth-order valence-corrected chi connectivity index (χ4v) is 4.78. The maximum absolute atomic E-state index is 13.4. The Morgan fingerprint density at radius 1 is 1.08 bits per heavy atom.